The lowest BCUT2D eigenvalue weighted by molar-refractivity contribution is -0.197. The summed E-state index contributed by atoms with van der Waals surface area (Å²) in [6, 6.07) is 0. The average molecular weight is 615 g/mol. The van der Waals surface area contributed by atoms with E-state index in [1.54, 1.807) is 0 Å². The molecule has 19 nitrogen and oxygen atoms in total. The number of rotatable bonds is 13. The first-order chi connectivity index (χ1) is 18.4. The van der Waals surface area contributed by atoms with Crippen molar-refractivity contribution < 1.29 is 78.9 Å². The number of carbonyl (C=O) groups is 8. The molecular weight excluding hydrogens is 592 g/mol. The van der Waals surface area contributed by atoms with Crippen molar-refractivity contribution in [3.05, 3.63) is 0 Å². The topological polar surface area (TPSA) is 268 Å². The number of hydroxylamine groups is 4. The van der Waals surface area contributed by atoms with Gasteiger partial charge >= 0.3 is 23.9 Å². The Bertz CT molecular complexity index is 1230. The van der Waals surface area contributed by atoms with Crippen molar-refractivity contribution in [2.75, 3.05) is 19.5 Å². The van der Waals surface area contributed by atoms with Crippen molar-refractivity contribution in [3.63, 3.8) is 0 Å². The van der Waals surface area contributed by atoms with Crippen LogP contribution in [0.2, 0.25) is 0 Å². The monoisotopic (exact) mass is 614 g/mol. The van der Waals surface area contributed by atoms with Gasteiger partial charge in [-0.15, -0.1) is 10.1 Å². The Balaban J connectivity index is 1.62. The van der Waals surface area contributed by atoms with Gasteiger partial charge in [-0.05, 0) is 0 Å². The van der Waals surface area contributed by atoms with E-state index in [1.807, 2.05) is 0 Å². The molecule has 2 atom stereocenters. The van der Waals surface area contributed by atoms with Crippen molar-refractivity contribution in [2.45, 2.75) is 49.0 Å². The highest BCUT2D eigenvalue weighted by Crippen LogP contribution is 2.21. The highest BCUT2D eigenvalue weighted by Gasteiger charge is 2.49. The van der Waals surface area contributed by atoms with Gasteiger partial charge in [0.2, 0.25) is 0 Å². The van der Waals surface area contributed by atoms with Crippen LogP contribution in [0.4, 0.5) is 0 Å². The first kappa shape index (κ1) is 32.2. The van der Waals surface area contributed by atoms with Crippen molar-refractivity contribution in [1.82, 2.24) is 10.1 Å². The van der Waals surface area contributed by atoms with E-state index in [9.17, 15) is 55.2 Å². The van der Waals surface area contributed by atoms with Crippen LogP contribution in [-0.4, -0.2) is 109 Å². The number of ether oxygens (including phenoxy) is 2. The summed E-state index contributed by atoms with van der Waals surface area (Å²) in [6.07, 6.45) is -3.40. The summed E-state index contributed by atoms with van der Waals surface area (Å²) < 4.78 is 63.4. The minimum atomic E-state index is -4.90. The van der Waals surface area contributed by atoms with Gasteiger partial charge in [0.25, 0.3) is 33.7 Å². The first-order valence-electron chi connectivity index (χ1n) is 11.0. The molecule has 222 valence electrons. The summed E-state index contributed by atoms with van der Waals surface area (Å²) in [5, 5.41) is -3.90. The summed E-state index contributed by atoms with van der Waals surface area (Å²) in [7, 11) is -8.81. The lowest BCUT2D eigenvalue weighted by Gasteiger charge is -2.13. The molecule has 0 aromatic heterocycles. The zero-order valence-electron chi connectivity index (χ0n) is 20.5. The Hall–Kier alpha value is -3.98. The van der Waals surface area contributed by atoms with E-state index >= 15 is 0 Å². The van der Waals surface area contributed by atoms with Gasteiger partial charge in [-0.25, -0.2) is 18.0 Å². The molecule has 2 fully saturated rings. The molecule has 0 aromatic rings. The molecule has 0 radical (unpaired) electrons. The number of amides is 4. The van der Waals surface area contributed by atoms with Crippen LogP contribution in [0, 0.1) is 0 Å². The third kappa shape index (κ3) is 8.77. The number of imide groups is 2. The predicted molar refractivity (Wildman–Crippen MR) is 119 cm³/mol. The highest BCUT2D eigenvalue weighted by atomic mass is 32.2. The Morgan fingerprint density at radius 1 is 0.700 bits per heavy atom. The minimum absolute atomic E-state index is 0.0196. The van der Waals surface area contributed by atoms with Crippen LogP contribution >= 0.6 is 0 Å². The molecule has 2 aliphatic rings. The highest BCUT2D eigenvalue weighted by molar-refractivity contribution is 7.92. The van der Waals surface area contributed by atoms with E-state index in [1.165, 1.54) is 0 Å². The van der Waals surface area contributed by atoms with Crippen LogP contribution in [0.1, 0.15) is 38.5 Å². The maximum atomic E-state index is 11.9. The number of hydrogen-bond donors (Lipinski definition) is 1. The van der Waals surface area contributed by atoms with Gasteiger partial charge < -0.3 is 19.1 Å². The van der Waals surface area contributed by atoms with E-state index in [2.05, 4.69) is 14.4 Å². The molecule has 0 bridgehead atoms. The number of nitrogens with zero attached hydrogens (tertiary/aromatic N) is 2. The second-order valence-corrected chi connectivity index (χ2v) is 12.0. The maximum Gasteiger partial charge on any atom is 0.333 e. The van der Waals surface area contributed by atoms with Crippen LogP contribution in [0.15, 0.2) is 0 Å². The smallest absolute Gasteiger partial charge is 0.333 e. The molecule has 0 saturated carbocycles. The molecule has 2 unspecified atom stereocenters. The third-order valence-corrected chi connectivity index (χ3v) is 7.55. The van der Waals surface area contributed by atoms with E-state index in [-0.39, 0.29) is 10.1 Å². The first-order valence-corrected chi connectivity index (χ1v) is 14.5. The molecular formula is C19H22N2O17S2. The number of sulfone groups is 1. The lowest BCUT2D eigenvalue weighted by Crippen LogP contribution is -2.36. The maximum absolute atomic E-state index is 11.9. The van der Waals surface area contributed by atoms with Gasteiger partial charge in [0.1, 0.15) is 13.2 Å². The summed E-state index contributed by atoms with van der Waals surface area (Å²) >= 11 is 0. The van der Waals surface area contributed by atoms with E-state index in [0.717, 1.165) is 6.26 Å². The van der Waals surface area contributed by atoms with Crippen LogP contribution in [0.5, 0.6) is 0 Å². The second-order valence-electron chi connectivity index (χ2n) is 8.15. The van der Waals surface area contributed by atoms with Gasteiger partial charge in [0.05, 0.1) is 38.5 Å². The van der Waals surface area contributed by atoms with E-state index in [4.69, 9.17) is 9.29 Å². The Morgan fingerprint density at radius 2 is 1.05 bits per heavy atom. The Labute approximate surface area is 225 Å². The predicted octanol–water partition coefficient (Wildman–Crippen LogP) is -3.26. The molecule has 4 amide bonds. The van der Waals surface area contributed by atoms with Gasteiger partial charge in [0, 0.05) is 6.26 Å². The van der Waals surface area contributed by atoms with Gasteiger partial charge in [-0.1, -0.05) is 0 Å². The molecule has 2 heterocycles. The fraction of sp³-hybridized carbons (Fsp3) is 0.579. The molecule has 1 N–H and O–H groups in total. The van der Waals surface area contributed by atoms with Gasteiger partial charge in [0.15, 0.2) is 20.3 Å². The van der Waals surface area contributed by atoms with E-state index in [0.29, 0.717) is 0 Å². The average Bonchev–Trinajstić information content (AvgIpc) is 3.29. The molecule has 2 rings (SSSR count). The molecule has 21 heteroatoms. The van der Waals surface area contributed by atoms with Gasteiger partial charge in [-0.2, -0.15) is 8.42 Å². The quantitative estimate of drug-likeness (QED) is 0.0922. The molecule has 40 heavy (non-hydrogen) atoms. The SMILES string of the molecule is CS(=O)(=O)C1CC(=O)N(OC(=O)CCC(=O)OCCOC(=O)CCC(=O)ON2C(=O)CC(S(=O)(=O)O)C2=O)C1=O. The third-order valence-electron chi connectivity index (χ3n) is 5.06. The summed E-state index contributed by atoms with van der Waals surface area (Å²) in [5.41, 5.74) is 0. The van der Waals surface area contributed by atoms with Crippen LogP contribution < -0.4 is 0 Å². The minimum Gasteiger partial charge on any atom is -0.462 e. The number of esters is 2. The van der Waals surface area contributed by atoms with Crippen molar-refractivity contribution in [2.24, 2.45) is 0 Å². The second kappa shape index (κ2) is 12.9. The molecule has 0 aliphatic carbocycles. The van der Waals surface area contributed by atoms with Crippen molar-refractivity contribution in [1.29, 1.82) is 0 Å². The largest absolute Gasteiger partial charge is 0.462 e. The van der Waals surface area contributed by atoms with Crippen molar-refractivity contribution in [3.8, 4) is 0 Å². The fourth-order valence-corrected chi connectivity index (χ4v) is 4.69. The lowest BCUT2D eigenvalue weighted by atomic mass is 10.3. The number of hydrogen-bond acceptors (Lipinski definition) is 16. The zero-order chi connectivity index (χ0) is 30.4. The Morgan fingerprint density at radius 3 is 1.38 bits per heavy atom. The standard InChI is InChI=1S/C19H22N2O17S2/c1-39(30,31)10-8-12(22)20(18(10)28)37-16(26)4-2-14(24)35-6-7-36-15(25)3-5-17(27)38-21-13(23)9-11(19(21)29)40(32,33)34/h10-11H,2-9H2,1H3,(H,32,33,34). The molecule has 0 spiro atoms. The molecule has 0 aromatic carbocycles. The Kier molecular flexibility index (Phi) is 10.4. The molecule has 2 saturated heterocycles. The molecule has 2 aliphatic heterocycles. The summed E-state index contributed by atoms with van der Waals surface area (Å²) in [5.74, 6) is -9.37. The van der Waals surface area contributed by atoms with Gasteiger partial charge in [-0.3, -0.25) is 33.3 Å². The normalized spacial score (nSPS) is 19.6. The van der Waals surface area contributed by atoms with E-state index < -0.39 is 130 Å². The van der Waals surface area contributed by atoms with Crippen LogP contribution in [0.3, 0.4) is 0 Å². The summed E-state index contributed by atoms with van der Waals surface area (Å²) in [4.78, 5) is 103. The zero-order valence-corrected chi connectivity index (χ0v) is 22.1. The van der Waals surface area contributed by atoms with Crippen molar-refractivity contribution >= 4 is 67.5 Å². The van der Waals surface area contributed by atoms with Crippen LogP contribution in [-0.2, 0) is 77.5 Å². The van der Waals surface area contributed by atoms with Crippen LogP contribution in [0.25, 0.3) is 0 Å². The summed E-state index contributed by atoms with van der Waals surface area (Å²) in [6.45, 7) is -0.954. The fourth-order valence-electron chi connectivity index (χ4n) is 3.08. The number of carbonyl (C=O) groups excluding carboxylic acids is 8.